The molecule has 2 nitrogen and oxygen atoms in total. The van der Waals surface area contributed by atoms with Crippen molar-refractivity contribution < 1.29 is 0 Å². The number of benzene rings is 8. The zero-order chi connectivity index (χ0) is 46.7. The second-order valence-corrected chi connectivity index (χ2v) is 25.9. The predicted octanol–water partition coefficient (Wildman–Crippen LogP) is 17.0. The molecule has 5 heteroatoms. The average molecular weight is 915 g/mol. The Bertz CT molecular complexity index is 4060. The molecule has 11 aromatic rings. The Balaban J connectivity index is 1.22. The van der Waals surface area contributed by atoms with Crippen molar-refractivity contribution in [2.75, 3.05) is 4.81 Å². The highest BCUT2D eigenvalue weighted by molar-refractivity contribution is 7.27. The quantitative estimate of drug-likeness (QED) is 0.149. The summed E-state index contributed by atoms with van der Waals surface area (Å²) in [7, 11) is 0. The van der Waals surface area contributed by atoms with Crippen molar-refractivity contribution in [2.24, 2.45) is 0 Å². The van der Waals surface area contributed by atoms with Crippen molar-refractivity contribution in [3.63, 3.8) is 0 Å². The van der Waals surface area contributed by atoms with Crippen LogP contribution in [0, 0.1) is 0 Å². The molecule has 0 N–H and O–H groups in total. The minimum Gasteiger partial charge on any atom is -0.376 e. The molecule has 0 fully saturated rings. The summed E-state index contributed by atoms with van der Waals surface area (Å²) in [6.07, 6.45) is 0. The minimum absolute atomic E-state index is 0.00919. The lowest BCUT2D eigenvalue weighted by Gasteiger charge is -2.43. The molecule has 0 amide bonds. The molecule has 5 heterocycles. The lowest BCUT2D eigenvalue weighted by Crippen LogP contribution is -2.60. The van der Waals surface area contributed by atoms with Crippen LogP contribution in [-0.2, 0) is 21.7 Å². The van der Waals surface area contributed by atoms with Gasteiger partial charge < -0.3 is 9.38 Å². The van der Waals surface area contributed by atoms with E-state index in [2.05, 4.69) is 219 Å². The Labute approximate surface area is 408 Å². The summed E-state index contributed by atoms with van der Waals surface area (Å²) in [5.41, 5.74) is 21.5. The molecule has 68 heavy (non-hydrogen) atoms. The third kappa shape index (κ3) is 5.30. The van der Waals surface area contributed by atoms with E-state index in [1.54, 1.807) is 0 Å². The molecule has 8 aromatic carbocycles. The lowest BCUT2D eigenvalue weighted by atomic mass is 9.43. The van der Waals surface area contributed by atoms with Crippen LogP contribution < -0.4 is 15.7 Å². The van der Waals surface area contributed by atoms with Crippen LogP contribution in [0.5, 0.6) is 0 Å². The molecule has 1 aliphatic carbocycles. The maximum Gasteiger partial charge on any atom is 0.333 e. The Morgan fingerprint density at radius 2 is 1.12 bits per heavy atom. The number of thiophene rings is 2. The summed E-state index contributed by atoms with van der Waals surface area (Å²) < 4.78 is 8.11. The van der Waals surface area contributed by atoms with E-state index in [4.69, 9.17) is 0 Å². The van der Waals surface area contributed by atoms with Gasteiger partial charge in [0.25, 0.3) is 0 Å². The van der Waals surface area contributed by atoms with E-state index in [9.17, 15) is 0 Å². The standard InChI is InChI=1S/C63H55BN2S2/c1-60(2,3)34-20-24-37(25-21-34)66-49-32-46-41(40-28-35(61(4,5)6)22-26-45(40)63(46,10)11)30-44(49)54-55-39-17-13-15-19-52(39)68-59(55)56-43-29-36(62(7,8)9)23-27-48(43)65-50-31-42-38-16-12-14-18-51(38)67-53(42)33-47(50)64(66)57(54)58(56)65/h12-33H,1-11H3. The minimum atomic E-state index is -0.183. The van der Waals surface area contributed by atoms with Crippen molar-refractivity contribution in [3.05, 3.63) is 161 Å². The van der Waals surface area contributed by atoms with Gasteiger partial charge in [0.05, 0.1) is 11.0 Å². The van der Waals surface area contributed by atoms with Gasteiger partial charge in [-0.15, -0.1) is 22.7 Å². The van der Waals surface area contributed by atoms with Gasteiger partial charge in [-0.3, -0.25) is 0 Å². The van der Waals surface area contributed by atoms with Crippen LogP contribution in [0.4, 0.5) is 11.4 Å². The van der Waals surface area contributed by atoms with E-state index in [0.717, 1.165) is 0 Å². The Morgan fingerprint density at radius 3 is 1.84 bits per heavy atom. The first-order chi connectivity index (χ1) is 32.4. The topological polar surface area (TPSA) is 8.17 Å². The molecule has 14 rings (SSSR count). The number of hydrogen-bond donors (Lipinski definition) is 0. The van der Waals surface area contributed by atoms with E-state index in [1.165, 1.54) is 140 Å². The number of fused-ring (bicyclic) bond motifs is 19. The fourth-order valence-electron chi connectivity index (χ4n) is 12.6. The van der Waals surface area contributed by atoms with Crippen LogP contribution in [0.3, 0.4) is 0 Å². The predicted molar refractivity (Wildman–Crippen MR) is 299 cm³/mol. The summed E-state index contributed by atoms with van der Waals surface area (Å²) in [5.74, 6) is 0. The molecule has 2 aliphatic heterocycles. The van der Waals surface area contributed by atoms with Gasteiger partial charge in [-0.25, -0.2) is 0 Å². The van der Waals surface area contributed by atoms with Crippen molar-refractivity contribution >= 4 is 114 Å². The van der Waals surface area contributed by atoms with Gasteiger partial charge in [0, 0.05) is 79.2 Å². The monoisotopic (exact) mass is 914 g/mol. The zero-order valence-corrected chi connectivity index (χ0v) is 42.6. The molecule has 0 bridgehead atoms. The highest BCUT2D eigenvalue weighted by Crippen LogP contribution is 2.58. The second-order valence-electron chi connectivity index (χ2n) is 23.8. The summed E-state index contributed by atoms with van der Waals surface area (Å²) in [4.78, 5) is 2.77. The van der Waals surface area contributed by atoms with E-state index < -0.39 is 0 Å². The number of anilines is 2. The highest BCUT2D eigenvalue weighted by Gasteiger charge is 2.48. The van der Waals surface area contributed by atoms with Crippen molar-refractivity contribution in [2.45, 2.75) is 97.8 Å². The normalized spacial score (nSPS) is 15.0. The van der Waals surface area contributed by atoms with Gasteiger partial charge in [0.1, 0.15) is 0 Å². The lowest BCUT2D eigenvalue weighted by molar-refractivity contribution is 0.589. The molecule has 3 aliphatic rings. The fourth-order valence-corrected chi connectivity index (χ4v) is 15.0. The van der Waals surface area contributed by atoms with Gasteiger partial charge in [-0.05, 0) is 132 Å². The molecule has 0 unspecified atom stereocenters. The van der Waals surface area contributed by atoms with E-state index in [0.29, 0.717) is 0 Å². The van der Waals surface area contributed by atoms with Crippen molar-refractivity contribution in [1.29, 1.82) is 0 Å². The smallest absolute Gasteiger partial charge is 0.333 e. The molecule has 3 aromatic heterocycles. The molecule has 0 spiro atoms. The van der Waals surface area contributed by atoms with Crippen LogP contribution in [0.15, 0.2) is 133 Å². The third-order valence-corrected chi connectivity index (χ3v) is 18.5. The SMILES string of the molecule is CC(C)(C)c1ccc(N2B3c4cc5sc6ccccc6c5cc4-n4c5ccc(C(C)(C)C)cc5c5c6sc7ccccc7c6c(c3c54)-c3cc4c(cc32)C(C)(C)c2ccc(C(C)(C)C)cc2-4)cc1. The zero-order valence-electron chi connectivity index (χ0n) is 41.0. The number of aromatic nitrogens is 1. The number of rotatable bonds is 1. The van der Waals surface area contributed by atoms with Crippen LogP contribution in [0.2, 0.25) is 0 Å². The Hall–Kier alpha value is -6.14. The first kappa shape index (κ1) is 40.9. The van der Waals surface area contributed by atoms with Crippen LogP contribution in [0.25, 0.3) is 90.1 Å². The third-order valence-electron chi connectivity index (χ3n) is 16.2. The van der Waals surface area contributed by atoms with E-state index in [1.807, 2.05) is 22.7 Å². The van der Waals surface area contributed by atoms with Gasteiger partial charge in [0.15, 0.2) is 0 Å². The summed E-state index contributed by atoms with van der Waals surface area (Å²) in [5, 5.41) is 8.15. The van der Waals surface area contributed by atoms with Gasteiger partial charge >= 0.3 is 6.85 Å². The maximum atomic E-state index is 2.77. The number of hydrogen-bond acceptors (Lipinski definition) is 3. The largest absolute Gasteiger partial charge is 0.376 e. The summed E-state index contributed by atoms with van der Waals surface area (Å²) in [6, 6.07) is 53.0. The van der Waals surface area contributed by atoms with Crippen LogP contribution >= 0.6 is 22.7 Å². The molecule has 0 saturated heterocycles. The second kappa shape index (κ2) is 13.1. The fraction of sp³-hybridized carbons (Fsp3) is 0.238. The van der Waals surface area contributed by atoms with Crippen molar-refractivity contribution in [1.82, 2.24) is 4.57 Å². The van der Waals surface area contributed by atoms with E-state index in [-0.39, 0.29) is 28.5 Å². The van der Waals surface area contributed by atoms with Crippen LogP contribution in [0.1, 0.15) is 104 Å². The summed E-state index contributed by atoms with van der Waals surface area (Å²) >= 11 is 3.92. The highest BCUT2D eigenvalue weighted by atomic mass is 32.1. The van der Waals surface area contributed by atoms with Crippen LogP contribution in [-0.4, -0.2) is 11.4 Å². The first-order valence-corrected chi connectivity index (χ1v) is 26.2. The first-order valence-electron chi connectivity index (χ1n) is 24.5. The Kier molecular flexibility index (Phi) is 7.90. The number of nitrogens with zero attached hydrogens (tertiary/aromatic N) is 2. The molecule has 0 atom stereocenters. The molecular formula is C63H55BN2S2. The summed E-state index contributed by atoms with van der Waals surface area (Å²) in [6.45, 7) is 25.9. The molecule has 0 radical (unpaired) electrons. The van der Waals surface area contributed by atoms with Gasteiger partial charge in [0.2, 0.25) is 0 Å². The molecule has 332 valence electrons. The molecular weight excluding hydrogens is 860 g/mol. The van der Waals surface area contributed by atoms with E-state index >= 15 is 0 Å². The van der Waals surface area contributed by atoms with Gasteiger partial charge in [-0.2, -0.15) is 0 Å². The van der Waals surface area contributed by atoms with Gasteiger partial charge in [-0.1, -0.05) is 149 Å². The molecule has 0 saturated carbocycles. The Morgan fingerprint density at radius 1 is 0.485 bits per heavy atom. The average Bonchev–Trinajstić information content (AvgIpc) is 4.03. The maximum absolute atomic E-state index is 2.77. The van der Waals surface area contributed by atoms with Crippen molar-refractivity contribution in [3.8, 4) is 27.9 Å².